The number of hydrogen-bond acceptors (Lipinski definition) is 1. The molecule has 0 aliphatic rings. The maximum atomic E-state index is 5.83. The fraction of sp³-hybridized carbons (Fsp3) is 0.368. The summed E-state index contributed by atoms with van der Waals surface area (Å²) in [6, 6.07) is 12.5. The van der Waals surface area contributed by atoms with Gasteiger partial charge in [0.15, 0.2) is 0 Å². The largest absolute Gasteiger partial charge is 0.493 e. The first-order valence-electron chi connectivity index (χ1n) is 7.44. The van der Waals surface area contributed by atoms with E-state index in [0.29, 0.717) is 11.8 Å². The SMILES string of the molecule is CCC(C)COc1ccc2cc(C#CCCCl)ccc2c1. The average Bonchev–Trinajstić information content (AvgIpc) is 2.52. The van der Waals surface area contributed by atoms with Crippen LogP contribution in [0.2, 0.25) is 0 Å². The number of benzene rings is 2. The van der Waals surface area contributed by atoms with Gasteiger partial charge in [-0.15, -0.1) is 11.6 Å². The lowest BCUT2D eigenvalue weighted by Crippen LogP contribution is -2.06. The molecule has 0 aliphatic carbocycles. The van der Waals surface area contributed by atoms with Crippen LogP contribution in [0.3, 0.4) is 0 Å². The first-order valence-corrected chi connectivity index (χ1v) is 7.98. The quantitative estimate of drug-likeness (QED) is 0.541. The Bertz CT molecular complexity index is 651. The van der Waals surface area contributed by atoms with Crippen molar-refractivity contribution in [2.45, 2.75) is 26.7 Å². The van der Waals surface area contributed by atoms with E-state index in [1.807, 2.05) is 12.1 Å². The van der Waals surface area contributed by atoms with Gasteiger partial charge in [0.25, 0.3) is 0 Å². The van der Waals surface area contributed by atoms with Crippen LogP contribution >= 0.6 is 11.6 Å². The summed E-state index contributed by atoms with van der Waals surface area (Å²) in [5.74, 6) is 8.29. The third-order valence-electron chi connectivity index (χ3n) is 3.50. The second kappa shape index (κ2) is 7.96. The van der Waals surface area contributed by atoms with Crippen molar-refractivity contribution in [1.82, 2.24) is 0 Å². The molecule has 0 saturated carbocycles. The predicted octanol–water partition coefficient (Wildman–Crippen LogP) is 5.25. The number of rotatable bonds is 5. The molecule has 0 spiro atoms. The predicted molar refractivity (Wildman–Crippen MR) is 91.1 cm³/mol. The van der Waals surface area contributed by atoms with Crippen molar-refractivity contribution >= 4 is 22.4 Å². The molecule has 2 aromatic carbocycles. The van der Waals surface area contributed by atoms with Crippen LogP contribution in [-0.4, -0.2) is 12.5 Å². The molecule has 1 nitrogen and oxygen atoms in total. The summed E-state index contributed by atoms with van der Waals surface area (Å²) in [5.41, 5.74) is 1.03. The summed E-state index contributed by atoms with van der Waals surface area (Å²) >= 11 is 5.63. The number of ether oxygens (including phenoxy) is 1. The highest BCUT2D eigenvalue weighted by molar-refractivity contribution is 6.18. The number of fused-ring (bicyclic) bond motifs is 1. The third-order valence-corrected chi connectivity index (χ3v) is 3.68. The summed E-state index contributed by atoms with van der Waals surface area (Å²) in [4.78, 5) is 0. The second-order valence-corrected chi connectivity index (χ2v) is 5.67. The molecule has 2 aromatic rings. The van der Waals surface area contributed by atoms with Crippen LogP contribution in [0.1, 0.15) is 32.3 Å². The lowest BCUT2D eigenvalue weighted by molar-refractivity contribution is 0.257. The molecule has 1 atom stereocenters. The fourth-order valence-corrected chi connectivity index (χ4v) is 2.05. The number of halogens is 1. The van der Waals surface area contributed by atoms with Crippen molar-refractivity contribution in [1.29, 1.82) is 0 Å². The lowest BCUT2D eigenvalue weighted by atomic mass is 10.1. The molecule has 0 fully saturated rings. The first-order chi connectivity index (χ1) is 10.2. The van der Waals surface area contributed by atoms with Gasteiger partial charge in [0.05, 0.1) is 6.61 Å². The van der Waals surface area contributed by atoms with Gasteiger partial charge in [0.2, 0.25) is 0 Å². The molecule has 2 heteroatoms. The van der Waals surface area contributed by atoms with E-state index in [9.17, 15) is 0 Å². The number of alkyl halides is 1. The van der Waals surface area contributed by atoms with E-state index in [-0.39, 0.29) is 0 Å². The Kier molecular flexibility index (Phi) is 5.96. The summed E-state index contributed by atoms with van der Waals surface area (Å²) < 4.78 is 5.83. The van der Waals surface area contributed by atoms with Crippen LogP contribution in [0.4, 0.5) is 0 Å². The lowest BCUT2D eigenvalue weighted by Gasteiger charge is -2.11. The molecule has 2 rings (SSSR count). The summed E-state index contributed by atoms with van der Waals surface area (Å²) in [6.07, 6.45) is 1.86. The van der Waals surface area contributed by atoms with E-state index in [1.165, 1.54) is 10.8 Å². The van der Waals surface area contributed by atoms with Crippen molar-refractivity contribution in [3.8, 4) is 17.6 Å². The van der Waals surface area contributed by atoms with E-state index in [1.54, 1.807) is 0 Å². The highest BCUT2D eigenvalue weighted by Gasteiger charge is 2.02. The van der Waals surface area contributed by atoms with Gasteiger partial charge < -0.3 is 4.74 Å². The molecular weight excluding hydrogens is 280 g/mol. The molecule has 0 amide bonds. The topological polar surface area (TPSA) is 9.23 Å². The molecule has 0 bridgehead atoms. The third kappa shape index (κ3) is 4.69. The summed E-state index contributed by atoms with van der Waals surface area (Å²) in [5, 5.41) is 2.36. The minimum atomic E-state index is 0.581. The van der Waals surface area contributed by atoms with Crippen molar-refractivity contribution in [3.05, 3.63) is 42.0 Å². The highest BCUT2D eigenvalue weighted by Crippen LogP contribution is 2.22. The zero-order valence-electron chi connectivity index (χ0n) is 12.7. The van der Waals surface area contributed by atoms with Crippen molar-refractivity contribution < 1.29 is 4.74 Å². The summed E-state index contributed by atoms with van der Waals surface area (Å²) in [6.45, 7) is 5.15. The zero-order chi connectivity index (χ0) is 15.1. The first kappa shape index (κ1) is 15.7. The van der Waals surface area contributed by atoms with Gasteiger partial charge in [-0.05, 0) is 41.0 Å². The Morgan fingerprint density at radius 2 is 1.90 bits per heavy atom. The van der Waals surface area contributed by atoms with Crippen molar-refractivity contribution in [2.24, 2.45) is 5.92 Å². The molecule has 0 saturated heterocycles. The molecule has 110 valence electrons. The van der Waals surface area contributed by atoms with Crippen molar-refractivity contribution in [2.75, 3.05) is 12.5 Å². The van der Waals surface area contributed by atoms with Gasteiger partial charge >= 0.3 is 0 Å². The van der Waals surface area contributed by atoms with E-state index >= 15 is 0 Å². The van der Waals surface area contributed by atoms with Crippen LogP contribution in [0, 0.1) is 17.8 Å². The maximum Gasteiger partial charge on any atom is 0.119 e. The number of hydrogen-bond donors (Lipinski definition) is 0. The van der Waals surface area contributed by atoms with Crippen LogP contribution in [-0.2, 0) is 0 Å². The standard InChI is InChI=1S/C19H21ClO/c1-3-15(2)14-21-19-10-9-17-12-16(6-4-5-11-20)7-8-18(17)13-19/h7-10,12-13,15H,3,5,11,14H2,1-2H3. The molecule has 21 heavy (non-hydrogen) atoms. The smallest absolute Gasteiger partial charge is 0.119 e. The molecule has 0 heterocycles. The molecule has 1 unspecified atom stereocenters. The van der Waals surface area contributed by atoms with E-state index in [2.05, 4.69) is 50.0 Å². The van der Waals surface area contributed by atoms with Crippen LogP contribution < -0.4 is 4.74 Å². The second-order valence-electron chi connectivity index (χ2n) is 5.29. The Labute approximate surface area is 132 Å². The van der Waals surface area contributed by atoms with Gasteiger partial charge in [0.1, 0.15) is 5.75 Å². The van der Waals surface area contributed by atoms with Crippen molar-refractivity contribution in [3.63, 3.8) is 0 Å². The van der Waals surface area contributed by atoms with E-state index < -0.39 is 0 Å². The molecule has 0 aromatic heterocycles. The molecular formula is C19H21ClO. The maximum absolute atomic E-state index is 5.83. The normalized spacial score (nSPS) is 11.8. The van der Waals surface area contributed by atoms with Gasteiger partial charge in [-0.25, -0.2) is 0 Å². The molecule has 0 N–H and O–H groups in total. The average molecular weight is 301 g/mol. The van der Waals surface area contributed by atoms with Gasteiger partial charge in [-0.1, -0.05) is 44.2 Å². The van der Waals surface area contributed by atoms with E-state index in [0.717, 1.165) is 30.8 Å². The minimum Gasteiger partial charge on any atom is -0.493 e. The van der Waals surface area contributed by atoms with E-state index in [4.69, 9.17) is 16.3 Å². The van der Waals surface area contributed by atoms with Crippen LogP contribution in [0.15, 0.2) is 36.4 Å². The fourth-order valence-electron chi connectivity index (χ4n) is 1.96. The van der Waals surface area contributed by atoms with Gasteiger partial charge in [-0.2, -0.15) is 0 Å². The minimum absolute atomic E-state index is 0.581. The molecule has 0 aliphatic heterocycles. The van der Waals surface area contributed by atoms with Crippen LogP contribution in [0.25, 0.3) is 10.8 Å². The van der Waals surface area contributed by atoms with Crippen LogP contribution in [0.5, 0.6) is 5.75 Å². The zero-order valence-corrected chi connectivity index (χ0v) is 13.4. The highest BCUT2D eigenvalue weighted by atomic mass is 35.5. The Morgan fingerprint density at radius 3 is 2.67 bits per heavy atom. The van der Waals surface area contributed by atoms with Gasteiger partial charge in [0, 0.05) is 17.9 Å². The van der Waals surface area contributed by atoms with Gasteiger partial charge in [-0.3, -0.25) is 0 Å². The Morgan fingerprint density at radius 1 is 1.14 bits per heavy atom. The Balaban J connectivity index is 2.14. The monoisotopic (exact) mass is 300 g/mol. The Hall–Kier alpha value is -1.65. The molecule has 0 radical (unpaired) electrons. The summed E-state index contributed by atoms with van der Waals surface area (Å²) in [7, 11) is 0.